The molecule has 148 valence electrons. The van der Waals surface area contributed by atoms with Gasteiger partial charge in [-0.3, -0.25) is 4.79 Å². The minimum atomic E-state index is -0.405. The van der Waals surface area contributed by atoms with Crippen molar-refractivity contribution in [2.45, 2.75) is 18.8 Å². The summed E-state index contributed by atoms with van der Waals surface area (Å²) < 4.78 is 7.50. The summed E-state index contributed by atoms with van der Waals surface area (Å²) >= 11 is 0. The summed E-state index contributed by atoms with van der Waals surface area (Å²) in [5.74, 6) is -0.725. The van der Waals surface area contributed by atoms with Gasteiger partial charge in [-0.05, 0) is 36.2 Å². The zero-order valence-corrected chi connectivity index (χ0v) is 17.1. The van der Waals surface area contributed by atoms with Gasteiger partial charge in [-0.1, -0.05) is 78.4 Å². The van der Waals surface area contributed by atoms with Gasteiger partial charge in [0.05, 0.1) is 12.6 Å². The van der Waals surface area contributed by atoms with Crippen molar-refractivity contribution in [1.82, 2.24) is 4.57 Å². The van der Waals surface area contributed by atoms with E-state index in [0.717, 1.165) is 33.4 Å². The zero-order chi connectivity index (χ0) is 20.7. The molecule has 0 N–H and O–H groups in total. The van der Waals surface area contributed by atoms with E-state index in [-0.39, 0.29) is 11.9 Å². The Hall–Kier alpha value is -3.59. The fourth-order valence-corrected chi connectivity index (χ4v) is 4.57. The van der Waals surface area contributed by atoms with Crippen LogP contribution in [0, 0.1) is 6.92 Å². The molecule has 0 saturated carbocycles. The zero-order valence-electron chi connectivity index (χ0n) is 17.1. The number of rotatable bonds is 3. The van der Waals surface area contributed by atoms with Crippen LogP contribution in [0.2, 0.25) is 0 Å². The van der Waals surface area contributed by atoms with Crippen molar-refractivity contribution in [2.24, 2.45) is 0 Å². The fraction of sp³-hybridized carbons (Fsp3) is 0.148. The highest BCUT2D eigenvalue weighted by Gasteiger charge is 2.38. The number of hydrogen-bond donors (Lipinski definition) is 0. The summed E-state index contributed by atoms with van der Waals surface area (Å²) in [5.41, 5.74) is 6.60. The number of nitrogens with zero attached hydrogens (tertiary/aromatic N) is 1. The van der Waals surface area contributed by atoms with Crippen molar-refractivity contribution in [2.75, 3.05) is 7.11 Å². The molecule has 1 aliphatic heterocycles. The smallest absolute Gasteiger partial charge is 0.315 e. The molecule has 0 aliphatic carbocycles. The Morgan fingerprint density at radius 2 is 1.60 bits per heavy atom. The Morgan fingerprint density at radius 1 is 0.900 bits per heavy atom. The first-order valence-electron chi connectivity index (χ1n) is 10.2. The average Bonchev–Trinajstić information content (AvgIpc) is 3.16. The molecular weight excluding hydrogens is 370 g/mol. The highest BCUT2D eigenvalue weighted by molar-refractivity contribution is 5.93. The first-order chi connectivity index (χ1) is 14.7. The Labute approximate surface area is 176 Å². The maximum atomic E-state index is 13.0. The highest BCUT2D eigenvalue weighted by Crippen LogP contribution is 2.45. The SMILES string of the molecule is COC(=O)[C@@H]1c2cc3cc(C)ccc3n2C(c2ccccc2)=C[C@H]1c1ccccc1. The van der Waals surface area contributed by atoms with Crippen LogP contribution in [0.4, 0.5) is 0 Å². The average molecular weight is 393 g/mol. The molecule has 0 saturated heterocycles. The number of allylic oxidation sites excluding steroid dienone is 1. The van der Waals surface area contributed by atoms with Gasteiger partial charge in [-0.25, -0.2) is 0 Å². The monoisotopic (exact) mass is 393 g/mol. The summed E-state index contributed by atoms with van der Waals surface area (Å²) in [4.78, 5) is 13.0. The lowest BCUT2D eigenvalue weighted by molar-refractivity contribution is -0.142. The molecule has 3 aromatic carbocycles. The van der Waals surface area contributed by atoms with Crippen molar-refractivity contribution in [3.05, 3.63) is 113 Å². The predicted molar refractivity (Wildman–Crippen MR) is 120 cm³/mol. The third-order valence-corrected chi connectivity index (χ3v) is 5.95. The number of esters is 1. The number of carbonyl (C=O) groups excluding carboxylic acids is 1. The Morgan fingerprint density at radius 3 is 2.30 bits per heavy atom. The molecule has 0 amide bonds. The van der Waals surface area contributed by atoms with Crippen molar-refractivity contribution < 1.29 is 9.53 Å². The van der Waals surface area contributed by atoms with Crippen molar-refractivity contribution >= 4 is 22.6 Å². The van der Waals surface area contributed by atoms with E-state index < -0.39 is 5.92 Å². The lowest BCUT2D eigenvalue weighted by Crippen LogP contribution is -2.27. The summed E-state index contributed by atoms with van der Waals surface area (Å²) in [7, 11) is 1.47. The second-order valence-corrected chi connectivity index (χ2v) is 7.82. The lowest BCUT2D eigenvalue weighted by atomic mass is 9.80. The van der Waals surface area contributed by atoms with Crippen LogP contribution in [0.25, 0.3) is 16.6 Å². The van der Waals surface area contributed by atoms with Crippen molar-refractivity contribution in [3.8, 4) is 0 Å². The molecule has 4 aromatic rings. The summed E-state index contributed by atoms with van der Waals surface area (Å²) in [6.45, 7) is 2.09. The van der Waals surface area contributed by atoms with Crippen LogP contribution in [0.1, 0.15) is 34.2 Å². The van der Waals surface area contributed by atoms with Gasteiger partial charge >= 0.3 is 5.97 Å². The summed E-state index contributed by atoms with van der Waals surface area (Å²) in [6, 6.07) is 29.2. The van der Waals surface area contributed by atoms with E-state index in [1.165, 1.54) is 12.7 Å². The van der Waals surface area contributed by atoms with E-state index in [1.54, 1.807) is 0 Å². The Bertz CT molecular complexity index is 1250. The molecular formula is C27H23NO2. The van der Waals surface area contributed by atoms with Crippen LogP contribution in [-0.4, -0.2) is 17.6 Å². The molecule has 0 fully saturated rings. The van der Waals surface area contributed by atoms with Gasteiger partial charge in [0.15, 0.2) is 0 Å². The molecule has 30 heavy (non-hydrogen) atoms. The van der Waals surface area contributed by atoms with Crippen LogP contribution >= 0.6 is 0 Å². The minimum absolute atomic E-state index is 0.105. The topological polar surface area (TPSA) is 31.2 Å². The lowest BCUT2D eigenvalue weighted by Gasteiger charge is -2.31. The van der Waals surface area contributed by atoms with Crippen molar-refractivity contribution in [3.63, 3.8) is 0 Å². The van der Waals surface area contributed by atoms with Crippen molar-refractivity contribution in [1.29, 1.82) is 0 Å². The normalized spacial score (nSPS) is 18.0. The first kappa shape index (κ1) is 18.4. The van der Waals surface area contributed by atoms with E-state index >= 15 is 0 Å². The molecule has 5 rings (SSSR count). The standard InChI is InChI=1S/C27H23NO2/c1-18-13-14-23-21(15-18)16-25-26(27(29)30-2)22(19-9-5-3-6-10-19)17-24(28(23)25)20-11-7-4-8-12-20/h3-17,22,26H,1-2H3/t22-,26-/m0/s1. The number of carbonyl (C=O) groups is 1. The molecule has 2 atom stereocenters. The van der Waals surface area contributed by atoms with E-state index in [4.69, 9.17) is 4.74 Å². The molecule has 3 nitrogen and oxygen atoms in total. The number of aromatic nitrogens is 1. The highest BCUT2D eigenvalue weighted by atomic mass is 16.5. The van der Waals surface area contributed by atoms with Gasteiger partial charge in [0.2, 0.25) is 0 Å². The van der Waals surface area contributed by atoms with Crippen LogP contribution < -0.4 is 0 Å². The molecule has 0 bridgehead atoms. The quantitative estimate of drug-likeness (QED) is 0.406. The van der Waals surface area contributed by atoms with Gasteiger partial charge in [0.25, 0.3) is 0 Å². The molecule has 0 spiro atoms. The maximum Gasteiger partial charge on any atom is 0.315 e. The van der Waals surface area contributed by atoms with Gasteiger partial charge in [0.1, 0.15) is 5.92 Å². The number of methoxy groups -OCH3 is 1. The van der Waals surface area contributed by atoms with E-state index in [1.807, 2.05) is 24.3 Å². The number of ether oxygens (including phenoxy) is 1. The van der Waals surface area contributed by atoms with Crippen LogP contribution in [0.5, 0.6) is 0 Å². The number of hydrogen-bond acceptors (Lipinski definition) is 2. The molecule has 2 heterocycles. The second kappa shape index (κ2) is 7.34. The largest absolute Gasteiger partial charge is 0.468 e. The van der Waals surface area contributed by atoms with Gasteiger partial charge in [-0.2, -0.15) is 0 Å². The minimum Gasteiger partial charge on any atom is -0.468 e. The number of aryl methyl sites for hydroxylation is 1. The van der Waals surface area contributed by atoms with E-state index in [9.17, 15) is 4.79 Å². The van der Waals surface area contributed by atoms with Crippen LogP contribution in [-0.2, 0) is 9.53 Å². The summed E-state index contributed by atoms with van der Waals surface area (Å²) in [6.07, 6.45) is 2.22. The van der Waals surface area contributed by atoms with Crippen LogP contribution in [0.15, 0.2) is 91.0 Å². The number of benzene rings is 3. The van der Waals surface area contributed by atoms with E-state index in [0.29, 0.717) is 0 Å². The van der Waals surface area contributed by atoms with Gasteiger partial charge in [-0.15, -0.1) is 0 Å². The Kier molecular flexibility index (Phi) is 4.51. The maximum absolute atomic E-state index is 13.0. The van der Waals surface area contributed by atoms with Gasteiger partial charge < -0.3 is 9.30 Å². The molecule has 0 radical (unpaired) electrons. The molecule has 3 heteroatoms. The van der Waals surface area contributed by atoms with E-state index in [2.05, 4.69) is 78.2 Å². The molecule has 0 unspecified atom stereocenters. The second-order valence-electron chi connectivity index (χ2n) is 7.82. The fourth-order valence-electron chi connectivity index (χ4n) is 4.57. The molecule has 1 aliphatic rings. The molecule has 1 aromatic heterocycles. The third-order valence-electron chi connectivity index (χ3n) is 5.95. The van der Waals surface area contributed by atoms with Gasteiger partial charge in [0, 0.05) is 22.7 Å². The third kappa shape index (κ3) is 2.94. The predicted octanol–water partition coefficient (Wildman–Crippen LogP) is 5.89. The first-order valence-corrected chi connectivity index (χ1v) is 10.2. The Balaban J connectivity index is 1.83. The number of fused-ring (bicyclic) bond motifs is 3. The van der Waals surface area contributed by atoms with Crippen LogP contribution in [0.3, 0.4) is 0 Å². The summed E-state index contributed by atoms with van der Waals surface area (Å²) in [5, 5.41) is 1.13.